The van der Waals surface area contributed by atoms with Crippen LogP contribution in [0.3, 0.4) is 0 Å². The number of nitrogens with one attached hydrogen (secondary N) is 2. The van der Waals surface area contributed by atoms with Crippen molar-refractivity contribution in [3.8, 4) is 6.07 Å². The van der Waals surface area contributed by atoms with E-state index < -0.39 is 23.7 Å². The van der Waals surface area contributed by atoms with Crippen LogP contribution >= 0.6 is 11.6 Å². The molecule has 2 N–H and O–H groups in total. The molecule has 0 bridgehead atoms. The first-order chi connectivity index (χ1) is 20.1. The molecule has 1 aromatic carbocycles. The van der Waals surface area contributed by atoms with Crippen LogP contribution in [0.15, 0.2) is 36.7 Å². The molecule has 6 rings (SSSR count). The van der Waals surface area contributed by atoms with Crippen LogP contribution in [0.5, 0.6) is 0 Å². The van der Waals surface area contributed by atoms with Crippen LogP contribution in [0.4, 0.5) is 28.9 Å². The number of benzene rings is 1. The SMILES string of the molecule is Cc1nc(F)ccc1C(Nc1cc(Cl)c2ncc(C#N)c(NC3CCCCC3)c2c1)c1cn(C2(C(F)(F)F)CC2)nn1. The average Bonchev–Trinajstić information content (AvgIpc) is 3.64. The number of nitriles is 1. The van der Waals surface area contributed by atoms with Gasteiger partial charge in [0.1, 0.15) is 11.8 Å². The molecular weight excluding hydrogens is 572 g/mol. The number of alkyl halides is 3. The van der Waals surface area contributed by atoms with Crippen LogP contribution in [-0.4, -0.2) is 37.2 Å². The Kier molecular flexibility index (Phi) is 7.17. The van der Waals surface area contributed by atoms with Gasteiger partial charge in [0.25, 0.3) is 0 Å². The average molecular weight is 599 g/mol. The largest absolute Gasteiger partial charge is 0.413 e. The van der Waals surface area contributed by atoms with Gasteiger partial charge in [-0.05, 0) is 50.8 Å². The Morgan fingerprint density at radius 2 is 1.93 bits per heavy atom. The molecule has 3 heterocycles. The lowest BCUT2D eigenvalue weighted by atomic mass is 9.94. The van der Waals surface area contributed by atoms with Crippen molar-refractivity contribution in [3.63, 3.8) is 0 Å². The van der Waals surface area contributed by atoms with Gasteiger partial charge in [-0.1, -0.05) is 42.1 Å². The minimum Gasteiger partial charge on any atom is -0.381 e. The van der Waals surface area contributed by atoms with Crippen molar-refractivity contribution in [3.05, 3.63) is 70.1 Å². The lowest BCUT2D eigenvalue weighted by molar-refractivity contribution is -0.182. The number of aryl methyl sites for hydroxylation is 1. The highest BCUT2D eigenvalue weighted by Gasteiger charge is 2.66. The first-order valence-corrected chi connectivity index (χ1v) is 14.2. The minimum atomic E-state index is -4.48. The molecule has 1 unspecified atom stereocenters. The van der Waals surface area contributed by atoms with E-state index in [2.05, 4.69) is 37.0 Å². The van der Waals surface area contributed by atoms with Crippen LogP contribution in [0.2, 0.25) is 5.02 Å². The summed E-state index contributed by atoms with van der Waals surface area (Å²) in [6.07, 6.45) is 3.45. The molecule has 218 valence electrons. The Bertz CT molecular complexity index is 1690. The second kappa shape index (κ2) is 10.7. The number of hydrogen-bond acceptors (Lipinski definition) is 7. The van der Waals surface area contributed by atoms with Gasteiger partial charge in [-0.15, -0.1) is 5.10 Å². The summed E-state index contributed by atoms with van der Waals surface area (Å²) in [5.41, 5.74) is 0.954. The molecule has 8 nitrogen and oxygen atoms in total. The van der Waals surface area contributed by atoms with E-state index in [0.717, 1.165) is 30.4 Å². The highest BCUT2D eigenvalue weighted by Crippen LogP contribution is 2.55. The topological polar surface area (TPSA) is 104 Å². The summed E-state index contributed by atoms with van der Waals surface area (Å²) >= 11 is 6.69. The predicted molar refractivity (Wildman–Crippen MR) is 150 cm³/mol. The zero-order valence-corrected chi connectivity index (χ0v) is 23.4. The maximum absolute atomic E-state index is 13.9. The van der Waals surface area contributed by atoms with E-state index in [1.807, 2.05) is 0 Å². The molecule has 2 aliphatic rings. The van der Waals surface area contributed by atoms with Crippen molar-refractivity contribution in [1.29, 1.82) is 5.26 Å². The monoisotopic (exact) mass is 598 g/mol. The molecule has 0 spiro atoms. The van der Waals surface area contributed by atoms with Crippen molar-refractivity contribution in [2.24, 2.45) is 0 Å². The highest BCUT2D eigenvalue weighted by atomic mass is 35.5. The first kappa shape index (κ1) is 28.2. The maximum atomic E-state index is 13.9. The minimum absolute atomic E-state index is 0.0835. The molecule has 2 saturated carbocycles. The lowest BCUT2D eigenvalue weighted by Gasteiger charge is -2.25. The summed E-state index contributed by atoms with van der Waals surface area (Å²) in [6, 6.07) is 7.71. The van der Waals surface area contributed by atoms with Gasteiger partial charge in [-0.2, -0.15) is 22.8 Å². The zero-order valence-electron chi connectivity index (χ0n) is 22.6. The van der Waals surface area contributed by atoms with Crippen LogP contribution < -0.4 is 10.6 Å². The van der Waals surface area contributed by atoms with Crippen LogP contribution in [0.1, 0.15) is 73.5 Å². The van der Waals surface area contributed by atoms with Gasteiger partial charge in [0.15, 0.2) is 5.54 Å². The molecule has 0 amide bonds. The standard InChI is InChI=1S/C29H27ClF4N8/c1-16-20(7-8-24(31)37-16)27(23-15-42(41-40-23)28(9-10-28)29(32,33)34)39-19-11-21-25(38-18-5-3-2-4-6-18)17(13-35)14-36-26(21)22(30)12-19/h7-8,11-12,14-15,18,27,39H,2-6,9-10H2,1H3,(H,36,38). The highest BCUT2D eigenvalue weighted by molar-refractivity contribution is 6.35. The van der Waals surface area contributed by atoms with Crippen molar-refractivity contribution in [1.82, 2.24) is 25.0 Å². The number of halogens is 5. The lowest BCUT2D eigenvalue weighted by Crippen LogP contribution is -2.35. The van der Waals surface area contributed by atoms with Gasteiger partial charge < -0.3 is 10.6 Å². The van der Waals surface area contributed by atoms with E-state index >= 15 is 0 Å². The maximum Gasteiger partial charge on any atom is 0.413 e. The number of hydrogen-bond donors (Lipinski definition) is 2. The zero-order chi connectivity index (χ0) is 29.6. The third-order valence-electron chi connectivity index (χ3n) is 8.21. The Hall–Kier alpha value is -3.98. The summed E-state index contributed by atoms with van der Waals surface area (Å²) in [4.78, 5) is 8.33. The van der Waals surface area contributed by atoms with Gasteiger partial charge in [-0.3, -0.25) is 4.98 Å². The summed E-state index contributed by atoms with van der Waals surface area (Å²) in [5.74, 6) is -0.685. The van der Waals surface area contributed by atoms with Crippen molar-refractivity contribution in [2.75, 3.05) is 10.6 Å². The van der Waals surface area contributed by atoms with E-state index in [1.165, 1.54) is 30.9 Å². The quantitative estimate of drug-likeness (QED) is 0.171. The van der Waals surface area contributed by atoms with Gasteiger partial charge in [0.2, 0.25) is 5.95 Å². The normalized spacial score (nSPS) is 17.5. The summed E-state index contributed by atoms with van der Waals surface area (Å²) in [7, 11) is 0. The Labute approximate surface area is 244 Å². The van der Waals surface area contributed by atoms with Crippen LogP contribution in [-0.2, 0) is 5.54 Å². The van der Waals surface area contributed by atoms with E-state index in [0.29, 0.717) is 44.1 Å². The number of pyridine rings is 2. The van der Waals surface area contributed by atoms with Crippen LogP contribution in [0, 0.1) is 24.2 Å². The van der Waals surface area contributed by atoms with Gasteiger partial charge in [0.05, 0.1) is 34.0 Å². The molecule has 2 aliphatic carbocycles. The van der Waals surface area contributed by atoms with E-state index in [4.69, 9.17) is 11.6 Å². The predicted octanol–water partition coefficient (Wildman–Crippen LogP) is 7.19. The molecule has 4 aromatic rings. The fourth-order valence-electron chi connectivity index (χ4n) is 5.74. The fraction of sp³-hybridized carbons (Fsp3) is 0.414. The number of rotatable bonds is 7. The van der Waals surface area contributed by atoms with E-state index in [1.54, 1.807) is 19.1 Å². The summed E-state index contributed by atoms with van der Waals surface area (Å²) in [6.45, 7) is 1.61. The Morgan fingerprint density at radius 3 is 2.60 bits per heavy atom. The number of fused-ring (bicyclic) bond motifs is 1. The molecule has 3 aromatic heterocycles. The van der Waals surface area contributed by atoms with Gasteiger partial charge in [0, 0.05) is 34.6 Å². The van der Waals surface area contributed by atoms with E-state index in [-0.39, 0.29) is 24.6 Å². The number of anilines is 2. The van der Waals surface area contributed by atoms with Gasteiger partial charge in [-0.25, -0.2) is 9.67 Å². The smallest absolute Gasteiger partial charge is 0.381 e. The van der Waals surface area contributed by atoms with E-state index in [9.17, 15) is 22.8 Å². The fourth-order valence-corrected chi connectivity index (χ4v) is 6.01. The molecule has 2 fully saturated rings. The second-order valence-electron chi connectivity index (χ2n) is 11.0. The summed E-state index contributed by atoms with van der Waals surface area (Å²) in [5, 5.41) is 25.6. The van der Waals surface area contributed by atoms with Gasteiger partial charge >= 0.3 is 6.18 Å². The van der Waals surface area contributed by atoms with Crippen molar-refractivity contribution < 1.29 is 17.6 Å². The molecule has 42 heavy (non-hydrogen) atoms. The van der Waals surface area contributed by atoms with Crippen molar-refractivity contribution >= 4 is 33.9 Å². The van der Waals surface area contributed by atoms with Crippen LogP contribution in [0.25, 0.3) is 10.9 Å². The Balaban J connectivity index is 1.43. The molecule has 1 atom stereocenters. The molecule has 13 heteroatoms. The molecule has 0 radical (unpaired) electrons. The Morgan fingerprint density at radius 1 is 1.17 bits per heavy atom. The third kappa shape index (κ3) is 5.11. The van der Waals surface area contributed by atoms with Crippen molar-refractivity contribution in [2.45, 2.75) is 75.7 Å². The third-order valence-corrected chi connectivity index (χ3v) is 8.50. The second-order valence-corrected chi connectivity index (χ2v) is 11.4. The molecule has 0 saturated heterocycles. The summed E-state index contributed by atoms with van der Waals surface area (Å²) < 4.78 is 56.3. The number of nitrogens with zero attached hydrogens (tertiary/aromatic N) is 6. The molecular formula is C29H27ClF4N8. The first-order valence-electron chi connectivity index (χ1n) is 13.8. The molecule has 0 aliphatic heterocycles. The number of aromatic nitrogens is 5.